The van der Waals surface area contributed by atoms with Crippen LogP contribution in [-0.2, 0) is 4.79 Å². The minimum absolute atomic E-state index is 0.266. The number of carbonyl (C=O) groups excluding carboxylic acids is 1. The number of hydrogen-bond donors (Lipinski definition) is 4. The Morgan fingerprint density at radius 3 is 2.56 bits per heavy atom. The van der Waals surface area contributed by atoms with E-state index in [9.17, 15) is 9.18 Å². The van der Waals surface area contributed by atoms with Crippen molar-refractivity contribution < 1.29 is 9.18 Å². The summed E-state index contributed by atoms with van der Waals surface area (Å²) in [5.41, 5.74) is 6.39. The summed E-state index contributed by atoms with van der Waals surface area (Å²) in [5.74, 6) is -1.48. The second-order valence-corrected chi connectivity index (χ2v) is 3.31. The average Bonchev–Trinajstić information content (AvgIpc) is 2.37. The Morgan fingerprint density at radius 1 is 1.39 bits per heavy atom. The van der Waals surface area contributed by atoms with Gasteiger partial charge in [-0.3, -0.25) is 4.79 Å². The molecule has 0 aliphatic heterocycles. The third-order valence-corrected chi connectivity index (χ3v) is 1.98. The Balaban J connectivity index is 2.86. The summed E-state index contributed by atoms with van der Waals surface area (Å²) in [7, 11) is 0. The van der Waals surface area contributed by atoms with Crippen LogP contribution >= 0.6 is 0 Å². The first-order chi connectivity index (χ1) is 8.56. The van der Waals surface area contributed by atoms with Crippen LogP contribution in [0.4, 0.5) is 15.8 Å². The monoisotopic (exact) mass is 248 g/mol. The molecule has 0 saturated carbocycles. The lowest BCUT2D eigenvalue weighted by molar-refractivity contribution is -0.111. The fourth-order valence-corrected chi connectivity index (χ4v) is 1.16. The molecule has 0 fully saturated rings. The van der Waals surface area contributed by atoms with Gasteiger partial charge in [0.15, 0.2) is 5.83 Å². The van der Waals surface area contributed by atoms with Crippen molar-refractivity contribution in [3.8, 4) is 0 Å². The summed E-state index contributed by atoms with van der Waals surface area (Å²) < 4.78 is 12.9. The maximum atomic E-state index is 12.9. The molecule has 1 rings (SSSR count). The van der Waals surface area contributed by atoms with Gasteiger partial charge in [-0.05, 0) is 24.3 Å². The standard InChI is InChI=1S/C12H13FN4O/c1-2-11(18)16-8-4-3-5-9(6-8)17-12(15)10(13)7-14/h2-7,14,17H,1,15H2,(H,16,18)/b12-10-,14-7?. The molecule has 0 aliphatic rings. The predicted molar refractivity (Wildman–Crippen MR) is 70.0 cm³/mol. The van der Waals surface area contributed by atoms with E-state index in [1.807, 2.05) is 0 Å². The third kappa shape index (κ3) is 3.75. The summed E-state index contributed by atoms with van der Waals surface area (Å²) in [6.07, 6.45) is 1.65. The number of rotatable bonds is 5. The zero-order valence-corrected chi connectivity index (χ0v) is 9.53. The quantitative estimate of drug-likeness (QED) is 0.474. The molecule has 18 heavy (non-hydrogen) atoms. The molecule has 1 aromatic carbocycles. The topological polar surface area (TPSA) is 91.0 Å². The smallest absolute Gasteiger partial charge is 0.247 e. The van der Waals surface area contributed by atoms with Crippen LogP contribution in [0.15, 0.2) is 48.6 Å². The van der Waals surface area contributed by atoms with Crippen molar-refractivity contribution >= 4 is 23.5 Å². The van der Waals surface area contributed by atoms with Crippen LogP contribution in [0.5, 0.6) is 0 Å². The summed E-state index contributed by atoms with van der Waals surface area (Å²) in [4.78, 5) is 11.1. The molecule has 0 unspecified atom stereocenters. The molecule has 5 nitrogen and oxygen atoms in total. The van der Waals surface area contributed by atoms with Crippen LogP contribution in [-0.4, -0.2) is 12.1 Å². The Labute approximate surface area is 104 Å². The minimum atomic E-state index is -0.865. The fraction of sp³-hybridized carbons (Fsp3) is 0. The van der Waals surface area contributed by atoms with Crippen molar-refractivity contribution in [2.24, 2.45) is 5.73 Å². The number of halogens is 1. The zero-order valence-electron chi connectivity index (χ0n) is 9.53. The first-order valence-corrected chi connectivity index (χ1v) is 5.03. The Bertz CT molecular complexity index is 511. The van der Waals surface area contributed by atoms with E-state index in [0.29, 0.717) is 17.6 Å². The van der Waals surface area contributed by atoms with Crippen molar-refractivity contribution in [3.63, 3.8) is 0 Å². The van der Waals surface area contributed by atoms with Gasteiger partial charge >= 0.3 is 0 Å². The summed E-state index contributed by atoms with van der Waals surface area (Å²) in [6.45, 7) is 3.33. The largest absolute Gasteiger partial charge is 0.383 e. The highest BCUT2D eigenvalue weighted by Gasteiger charge is 2.02. The Hall–Kier alpha value is -2.63. The highest BCUT2D eigenvalue weighted by atomic mass is 19.1. The molecule has 0 radical (unpaired) electrons. The molecular weight excluding hydrogens is 235 g/mol. The van der Waals surface area contributed by atoms with Gasteiger partial charge < -0.3 is 21.8 Å². The molecule has 0 aliphatic carbocycles. The van der Waals surface area contributed by atoms with E-state index in [1.54, 1.807) is 24.3 Å². The molecule has 94 valence electrons. The first kappa shape index (κ1) is 13.4. The fourth-order valence-electron chi connectivity index (χ4n) is 1.16. The van der Waals surface area contributed by atoms with Gasteiger partial charge in [0.25, 0.3) is 0 Å². The number of amides is 1. The van der Waals surface area contributed by atoms with Crippen molar-refractivity contribution in [1.29, 1.82) is 5.41 Å². The van der Waals surface area contributed by atoms with E-state index in [1.165, 1.54) is 0 Å². The molecule has 0 heterocycles. The van der Waals surface area contributed by atoms with Crippen LogP contribution < -0.4 is 16.4 Å². The van der Waals surface area contributed by atoms with Gasteiger partial charge in [-0.2, -0.15) is 0 Å². The summed E-state index contributed by atoms with van der Waals surface area (Å²) in [6, 6.07) is 6.55. The van der Waals surface area contributed by atoms with Crippen molar-refractivity contribution in [1.82, 2.24) is 0 Å². The number of nitrogens with two attached hydrogens (primary N) is 1. The second kappa shape index (κ2) is 6.19. The van der Waals surface area contributed by atoms with Crippen LogP contribution in [0.1, 0.15) is 0 Å². The van der Waals surface area contributed by atoms with E-state index in [2.05, 4.69) is 17.2 Å². The molecule has 1 amide bonds. The normalized spacial score (nSPS) is 11.2. The maximum absolute atomic E-state index is 12.9. The van der Waals surface area contributed by atoms with E-state index in [0.717, 1.165) is 6.08 Å². The van der Waals surface area contributed by atoms with Crippen LogP contribution in [0, 0.1) is 5.41 Å². The molecule has 0 atom stereocenters. The number of anilines is 2. The van der Waals surface area contributed by atoms with E-state index < -0.39 is 5.83 Å². The lowest BCUT2D eigenvalue weighted by atomic mass is 10.2. The molecule has 0 aromatic heterocycles. The Kier molecular flexibility index (Phi) is 4.62. The average molecular weight is 248 g/mol. The van der Waals surface area contributed by atoms with Crippen LogP contribution in [0.25, 0.3) is 0 Å². The number of hydrogen-bond acceptors (Lipinski definition) is 4. The number of benzene rings is 1. The van der Waals surface area contributed by atoms with Gasteiger partial charge in [0.2, 0.25) is 5.91 Å². The summed E-state index contributed by atoms with van der Waals surface area (Å²) in [5, 5.41) is 11.9. The predicted octanol–water partition coefficient (Wildman–Crippen LogP) is 1.97. The molecule has 0 spiro atoms. The molecule has 5 N–H and O–H groups in total. The minimum Gasteiger partial charge on any atom is -0.383 e. The lowest BCUT2D eigenvalue weighted by Crippen LogP contribution is -2.12. The molecular formula is C12H13FN4O. The lowest BCUT2D eigenvalue weighted by Gasteiger charge is -2.08. The zero-order chi connectivity index (χ0) is 13.5. The number of nitrogens with one attached hydrogen (secondary N) is 3. The van der Waals surface area contributed by atoms with Crippen molar-refractivity contribution in [2.45, 2.75) is 0 Å². The molecule has 1 aromatic rings. The van der Waals surface area contributed by atoms with Gasteiger partial charge in [-0.15, -0.1) is 0 Å². The van der Waals surface area contributed by atoms with Crippen LogP contribution in [0.2, 0.25) is 0 Å². The number of carbonyl (C=O) groups is 1. The summed E-state index contributed by atoms with van der Waals surface area (Å²) >= 11 is 0. The first-order valence-electron chi connectivity index (χ1n) is 5.03. The van der Waals surface area contributed by atoms with Gasteiger partial charge in [-0.1, -0.05) is 12.6 Å². The number of allylic oxidation sites excluding steroid dienone is 1. The van der Waals surface area contributed by atoms with Crippen LogP contribution in [0.3, 0.4) is 0 Å². The van der Waals surface area contributed by atoms with Crippen molar-refractivity contribution in [3.05, 3.63) is 48.6 Å². The van der Waals surface area contributed by atoms with Crippen molar-refractivity contribution in [2.75, 3.05) is 10.6 Å². The Morgan fingerprint density at radius 2 is 2.00 bits per heavy atom. The molecule has 6 heteroatoms. The molecule has 0 bridgehead atoms. The third-order valence-electron chi connectivity index (χ3n) is 1.98. The van der Waals surface area contributed by atoms with Gasteiger partial charge in [0.05, 0.1) is 6.21 Å². The van der Waals surface area contributed by atoms with E-state index in [4.69, 9.17) is 11.1 Å². The highest BCUT2D eigenvalue weighted by Crippen LogP contribution is 2.16. The highest BCUT2D eigenvalue weighted by molar-refractivity contribution is 5.99. The van der Waals surface area contributed by atoms with E-state index >= 15 is 0 Å². The molecule has 0 saturated heterocycles. The maximum Gasteiger partial charge on any atom is 0.247 e. The van der Waals surface area contributed by atoms with E-state index in [-0.39, 0.29) is 11.7 Å². The second-order valence-electron chi connectivity index (χ2n) is 3.31. The SMILES string of the molecule is C=CC(=O)Nc1cccc(N/C(N)=C(\F)C=N)c1. The van der Waals surface area contributed by atoms with Gasteiger partial charge in [0, 0.05) is 11.4 Å². The van der Waals surface area contributed by atoms with Gasteiger partial charge in [-0.25, -0.2) is 4.39 Å². The van der Waals surface area contributed by atoms with Gasteiger partial charge in [0.1, 0.15) is 5.82 Å².